The number of amides is 1. The van der Waals surface area contributed by atoms with Crippen LogP contribution in [0.4, 0.5) is 0 Å². The number of carboxylic acid groups (broad SMARTS) is 1. The lowest BCUT2D eigenvalue weighted by atomic mass is 10.1. The van der Waals surface area contributed by atoms with Crippen molar-refractivity contribution >= 4 is 11.9 Å². The Balaban J connectivity index is 2.70. The van der Waals surface area contributed by atoms with Crippen molar-refractivity contribution in [3.63, 3.8) is 0 Å². The minimum atomic E-state index is -1.03. The maximum atomic E-state index is 11.8. The van der Waals surface area contributed by atoms with Crippen LogP contribution in [0.2, 0.25) is 0 Å². The second kappa shape index (κ2) is 6.78. The lowest BCUT2D eigenvalue weighted by Crippen LogP contribution is -2.40. The van der Waals surface area contributed by atoms with Gasteiger partial charge in [0.15, 0.2) is 0 Å². The van der Waals surface area contributed by atoms with Gasteiger partial charge in [-0.05, 0) is 44.5 Å². The van der Waals surface area contributed by atoms with Gasteiger partial charge in [-0.15, -0.1) is 0 Å². The van der Waals surface area contributed by atoms with Crippen molar-refractivity contribution in [2.45, 2.75) is 39.3 Å². The van der Waals surface area contributed by atoms with Crippen molar-refractivity contribution in [2.24, 2.45) is 0 Å². The number of hydrogen-bond acceptors (Lipinski definition) is 3. The van der Waals surface area contributed by atoms with Crippen LogP contribution in [0.25, 0.3) is 0 Å². The molecule has 0 saturated carbocycles. The SMILES string of the molecule is CC[C@H](NC(=O)c1ccc(OC(C)C)cc1)C(=O)O. The molecule has 0 aliphatic rings. The number of carbonyl (C=O) groups is 2. The Hall–Kier alpha value is -2.04. The van der Waals surface area contributed by atoms with Gasteiger partial charge in [0.1, 0.15) is 11.8 Å². The average molecular weight is 265 g/mol. The summed E-state index contributed by atoms with van der Waals surface area (Å²) in [4.78, 5) is 22.7. The molecule has 2 N–H and O–H groups in total. The van der Waals surface area contributed by atoms with Crippen molar-refractivity contribution in [1.82, 2.24) is 5.32 Å². The van der Waals surface area contributed by atoms with E-state index in [0.29, 0.717) is 17.7 Å². The number of hydrogen-bond donors (Lipinski definition) is 2. The van der Waals surface area contributed by atoms with Crippen LogP contribution in [0, 0.1) is 0 Å². The molecule has 0 bridgehead atoms. The van der Waals surface area contributed by atoms with Crippen LogP contribution in [0.1, 0.15) is 37.6 Å². The molecular weight excluding hydrogens is 246 g/mol. The zero-order chi connectivity index (χ0) is 14.4. The topological polar surface area (TPSA) is 75.6 Å². The molecule has 1 rings (SSSR count). The molecule has 1 amide bonds. The molecule has 104 valence electrons. The van der Waals surface area contributed by atoms with E-state index < -0.39 is 17.9 Å². The van der Waals surface area contributed by atoms with Gasteiger partial charge in [0.2, 0.25) is 0 Å². The summed E-state index contributed by atoms with van der Waals surface area (Å²) in [5.74, 6) is -0.752. The molecule has 0 spiro atoms. The van der Waals surface area contributed by atoms with Gasteiger partial charge in [0.25, 0.3) is 5.91 Å². The predicted octanol–water partition coefficient (Wildman–Crippen LogP) is 2.07. The Labute approximate surface area is 112 Å². The molecule has 5 nitrogen and oxygen atoms in total. The van der Waals surface area contributed by atoms with E-state index in [1.165, 1.54) is 0 Å². The molecule has 1 atom stereocenters. The second-order valence-electron chi connectivity index (χ2n) is 4.46. The molecular formula is C14H19NO4. The highest BCUT2D eigenvalue weighted by molar-refractivity contribution is 5.96. The van der Waals surface area contributed by atoms with Gasteiger partial charge >= 0.3 is 5.97 Å². The summed E-state index contributed by atoms with van der Waals surface area (Å²) in [5, 5.41) is 11.3. The van der Waals surface area contributed by atoms with Crippen LogP contribution in [0.15, 0.2) is 24.3 Å². The van der Waals surface area contributed by atoms with Gasteiger partial charge in [-0.25, -0.2) is 4.79 Å². The van der Waals surface area contributed by atoms with E-state index in [1.54, 1.807) is 31.2 Å². The molecule has 1 aromatic carbocycles. The van der Waals surface area contributed by atoms with Gasteiger partial charge in [-0.1, -0.05) is 6.92 Å². The number of aliphatic carboxylic acids is 1. The quantitative estimate of drug-likeness (QED) is 0.825. The van der Waals surface area contributed by atoms with E-state index in [2.05, 4.69) is 5.32 Å². The second-order valence-corrected chi connectivity index (χ2v) is 4.46. The van der Waals surface area contributed by atoms with Crippen molar-refractivity contribution in [2.75, 3.05) is 0 Å². The molecule has 0 aromatic heterocycles. The fourth-order valence-electron chi connectivity index (χ4n) is 1.54. The first-order chi connectivity index (χ1) is 8.93. The monoisotopic (exact) mass is 265 g/mol. The predicted molar refractivity (Wildman–Crippen MR) is 71.4 cm³/mol. The van der Waals surface area contributed by atoms with Crippen molar-refractivity contribution in [3.05, 3.63) is 29.8 Å². The maximum absolute atomic E-state index is 11.8. The van der Waals surface area contributed by atoms with E-state index in [9.17, 15) is 9.59 Å². The van der Waals surface area contributed by atoms with Crippen molar-refractivity contribution in [1.29, 1.82) is 0 Å². The number of carboxylic acids is 1. The number of benzene rings is 1. The standard InChI is InChI=1S/C14H19NO4/c1-4-12(14(17)18)15-13(16)10-5-7-11(8-6-10)19-9(2)3/h5-9,12H,4H2,1-3H3,(H,15,16)(H,17,18)/t12-/m0/s1. The number of nitrogens with one attached hydrogen (secondary N) is 1. The third kappa shape index (κ3) is 4.62. The van der Waals surface area contributed by atoms with Crippen LogP contribution in [0.5, 0.6) is 5.75 Å². The Morgan fingerprint density at radius 3 is 2.26 bits per heavy atom. The van der Waals surface area contributed by atoms with E-state index >= 15 is 0 Å². The van der Waals surface area contributed by atoms with Crippen LogP contribution in [0.3, 0.4) is 0 Å². The summed E-state index contributed by atoms with van der Waals surface area (Å²) < 4.78 is 5.46. The summed E-state index contributed by atoms with van der Waals surface area (Å²) in [6, 6.07) is 5.75. The lowest BCUT2D eigenvalue weighted by Gasteiger charge is -2.13. The van der Waals surface area contributed by atoms with Crippen LogP contribution < -0.4 is 10.1 Å². The molecule has 19 heavy (non-hydrogen) atoms. The molecule has 0 fully saturated rings. The van der Waals surface area contributed by atoms with Crippen LogP contribution in [-0.4, -0.2) is 29.1 Å². The maximum Gasteiger partial charge on any atom is 0.326 e. The Morgan fingerprint density at radius 2 is 1.84 bits per heavy atom. The Kier molecular flexibility index (Phi) is 5.36. The molecule has 0 unspecified atom stereocenters. The zero-order valence-electron chi connectivity index (χ0n) is 11.3. The van der Waals surface area contributed by atoms with Crippen LogP contribution in [-0.2, 0) is 4.79 Å². The number of ether oxygens (including phenoxy) is 1. The Bertz CT molecular complexity index is 439. The first-order valence-corrected chi connectivity index (χ1v) is 6.24. The summed E-state index contributed by atoms with van der Waals surface area (Å²) in [6.45, 7) is 5.54. The van der Waals surface area contributed by atoms with Gasteiger partial charge in [0, 0.05) is 5.56 Å². The summed E-state index contributed by atoms with van der Waals surface area (Å²) in [5.41, 5.74) is 0.413. The highest BCUT2D eigenvalue weighted by Gasteiger charge is 2.18. The fourth-order valence-corrected chi connectivity index (χ4v) is 1.54. The number of carbonyl (C=O) groups excluding carboxylic acids is 1. The molecule has 0 aliphatic carbocycles. The van der Waals surface area contributed by atoms with E-state index in [0.717, 1.165) is 0 Å². The highest BCUT2D eigenvalue weighted by Crippen LogP contribution is 2.14. The highest BCUT2D eigenvalue weighted by atomic mass is 16.5. The van der Waals surface area contributed by atoms with Gasteiger partial charge in [-0.3, -0.25) is 4.79 Å². The Morgan fingerprint density at radius 1 is 1.26 bits per heavy atom. The molecule has 1 aromatic rings. The zero-order valence-corrected chi connectivity index (χ0v) is 11.3. The lowest BCUT2D eigenvalue weighted by molar-refractivity contribution is -0.139. The molecule has 0 saturated heterocycles. The van der Waals surface area contributed by atoms with Crippen molar-refractivity contribution in [3.8, 4) is 5.75 Å². The summed E-state index contributed by atoms with van der Waals surface area (Å²) >= 11 is 0. The van der Waals surface area contributed by atoms with Crippen molar-refractivity contribution < 1.29 is 19.4 Å². The van der Waals surface area contributed by atoms with Gasteiger partial charge in [-0.2, -0.15) is 0 Å². The van der Waals surface area contributed by atoms with E-state index in [1.807, 2.05) is 13.8 Å². The third-order valence-electron chi connectivity index (χ3n) is 2.50. The smallest absolute Gasteiger partial charge is 0.326 e. The first kappa shape index (κ1) is 15.0. The minimum Gasteiger partial charge on any atom is -0.491 e. The van der Waals surface area contributed by atoms with E-state index in [4.69, 9.17) is 9.84 Å². The normalized spacial score (nSPS) is 12.0. The molecule has 5 heteroatoms. The average Bonchev–Trinajstić information content (AvgIpc) is 2.35. The van der Waals surface area contributed by atoms with Crippen LogP contribution >= 0.6 is 0 Å². The van der Waals surface area contributed by atoms with Gasteiger partial charge in [0.05, 0.1) is 6.10 Å². The van der Waals surface area contributed by atoms with E-state index in [-0.39, 0.29) is 6.10 Å². The number of rotatable bonds is 6. The molecule has 0 heterocycles. The molecule has 0 radical (unpaired) electrons. The minimum absolute atomic E-state index is 0.0659. The summed E-state index contributed by atoms with van der Waals surface area (Å²) in [7, 11) is 0. The third-order valence-corrected chi connectivity index (χ3v) is 2.50. The largest absolute Gasteiger partial charge is 0.491 e. The first-order valence-electron chi connectivity index (χ1n) is 6.24. The fraction of sp³-hybridized carbons (Fsp3) is 0.429. The molecule has 0 aliphatic heterocycles. The van der Waals surface area contributed by atoms with Gasteiger partial charge < -0.3 is 15.2 Å². The summed E-state index contributed by atoms with van der Waals surface area (Å²) in [6.07, 6.45) is 0.409.